The minimum absolute atomic E-state index is 0.0254. The third-order valence-electron chi connectivity index (χ3n) is 8.32. The molecule has 2 aromatic carbocycles. The number of halogens is 2. The quantitative estimate of drug-likeness (QED) is 0.283. The summed E-state index contributed by atoms with van der Waals surface area (Å²) < 4.78 is 27.9. The SMILES string of the molecule is Cc1cc(C(=O)C[C@@H](Cc2cc(F)cc(F)c2)[C@H](O)C2CCCC2)cc(C(=O)N2CCC[C@@H]2c2nc(C)cs2)c1. The molecule has 5 nitrogen and oxygen atoms in total. The first-order valence-electron chi connectivity index (χ1n) is 14.2. The van der Waals surface area contributed by atoms with Gasteiger partial charge in [-0.15, -0.1) is 11.3 Å². The molecule has 2 fully saturated rings. The maximum absolute atomic E-state index is 13.9. The molecule has 1 N–H and O–H groups in total. The number of amides is 1. The highest BCUT2D eigenvalue weighted by atomic mass is 32.1. The van der Waals surface area contributed by atoms with Gasteiger partial charge in [0.1, 0.15) is 16.6 Å². The fourth-order valence-electron chi connectivity index (χ4n) is 6.41. The molecule has 1 amide bonds. The van der Waals surface area contributed by atoms with Gasteiger partial charge in [-0.1, -0.05) is 12.8 Å². The van der Waals surface area contributed by atoms with Crippen LogP contribution in [0.4, 0.5) is 8.78 Å². The van der Waals surface area contributed by atoms with E-state index in [-0.39, 0.29) is 36.5 Å². The van der Waals surface area contributed by atoms with E-state index in [0.29, 0.717) is 23.2 Å². The molecule has 8 heteroatoms. The topological polar surface area (TPSA) is 70.5 Å². The predicted octanol–water partition coefficient (Wildman–Crippen LogP) is 7.00. The average molecular weight is 567 g/mol. The Kier molecular flexibility index (Phi) is 8.76. The molecule has 0 unspecified atom stereocenters. The van der Waals surface area contributed by atoms with E-state index in [0.717, 1.165) is 60.9 Å². The highest BCUT2D eigenvalue weighted by Crippen LogP contribution is 2.36. The summed E-state index contributed by atoms with van der Waals surface area (Å²) in [6, 6.07) is 8.52. The number of hydrogen-bond acceptors (Lipinski definition) is 5. The highest BCUT2D eigenvalue weighted by molar-refractivity contribution is 7.09. The second-order valence-electron chi connectivity index (χ2n) is 11.5. The fraction of sp³-hybridized carbons (Fsp3) is 0.469. The minimum Gasteiger partial charge on any atom is -0.393 e. The second kappa shape index (κ2) is 12.3. The number of Topliss-reactive ketones (excluding diaryl/α,β-unsaturated/α-hetero) is 1. The van der Waals surface area contributed by atoms with Crippen LogP contribution in [0.2, 0.25) is 0 Å². The Morgan fingerprint density at radius 1 is 1.00 bits per heavy atom. The van der Waals surface area contributed by atoms with Gasteiger partial charge >= 0.3 is 0 Å². The zero-order valence-corrected chi connectivity index (χ0v) is 23.9. The number of benzene rings is 2. The molecule has 40 heavy (non-hydrogen) atoms. The maximum atomic E-state index is 13.9. The van der Waals surface area contributed by atoms with Crippen molar-refractivity contribution in [3.63, 3.8) is 0 Å². The van der Waals surface area contributed by atoms with Crippen molar-refractivity contribution < 1.29 is 23.5 Å². The van der Waals surface area contributed by atoms with Crippen molar-refractivity contribution in [2.45, 2.75) is 77.4 Å². The van der Waals surface area contributed by atoms with Crippen LogP contribution < -0.4 is 0 Å². The average Bonchev–Trinajstić information content (AvgIpc) is 3.68. The molecule has 5 rings (SSSR count). The number of aliphatic hydroxyl groups is 1. The number of carbonyl (C=O) groups excluding carboxylic acids is 2. The number of nitrogens with zero attached hydrogens (tertiary/aromatic N) is 2. The summed E-state index contributed by atoms with van der Waals surface area (Å²) >= 11 is 1.57. The van der Waals surface area contributed by atoms with E-state index in [2.05, 4.69) is 4.98 Å². The van der Waals surface area contributed by atoms with Crippen molar-refractivity contribution in [1.29, 1.82) is 0 Å². The summed E-state index contributed by atoms with van der Waals surface area (Å²) in [5.74, 6) is -2.09. The minimum atomic E-state index is -0.754. The lowest BCUT2D eigenvalue weighted by Crippen LogP contribution is -2.32. The Bertz CT molecular complexity index is 1360. The van der Waals surface area contributed by atoms with Gasteiger partial charge in [-0.05, 0) is 99.2 Å². The van der Waals surface area contributed by atoms with Crippen LogP contribution in [-0.4, -0.2) is 39.3 Å². The Labute approximate surface area is 238 Å². The number of aliphatic hydroxyl groups excluding tert-OH is 1. The van der Waals surface area contributed by atoms with E-state index in [1.165, 1.54) is 12.1 Å². The molecule has 0 spiro atoms. The van der Waals surface area contributed by atoms with Gasteiger partial charge in [-0.2, -0.15) is 0 Å². The fourth-order valence-corrected chi connectivity index (χ4v) is 7.35. The first kappa shape index (κ1) is 28.6. The van der Waals surface area contributed by atoms with Crippen LogP contribution in [0.25, 0.3) is 0 Å². The van der Waals surface area contributed by atoms with Crippen LogP contribution in [-0.2, 0) is 6.42 Å². The summed E-state index contributed by atoms with van der Waals surface area (Å²) in [5.41, 5.74) is 3.04. The molecule has 1 saturated carbocycles. The monoisotopic (exact) mass is 566 g/mol. The molecular formula is C32H36F2N2O3S. The van der Waals surface area contributed by atoms with Crippen molar-refractivity contribution in [2.24, 2.45) is 11.8 Å². The summed E-state index contributed by atoms with van der Waals surface area (Å²) in [6.07, 6.45) is 5.03. The molecule has 0 bridgehead atoms. The van der Waals surface area contributed by atoms with Crippen LogP contribution in [0.5, 0.6) is 0 Å². The standard InChI is InChI=1S/C32H36F2N2O3S/c1-19-10-23(15-25(11-19)32(39)36-9-5-8-28(36)31-35-20(2)18-40-31)29(37)16-24(30(38)22-6-3-4-7-22)12-21-13-26(33)17-27(34)14-21/h10-11,13-15,17-18,22,24,28,30,38H,3-9,12,16H2,1-2H3/t24-,28-,30-/m1/s1. The maximum Gasteiger partial charge on any atom is 0.254 e. The van der Waals surface area contributed by atoms with Crippen molar-refractivity contribution in [1.82, 2.24) is 9.88 Å². The lowest BCUT2D eigenvalue weighted by atomic mass is 9.81. The third kappa shape index (κ3) is 6.50. The molecule has 1 aliphatic heterocycles. The lowest BCUT2D eigenvalue weighted by Gasteiger charge is -2.27. The normalized spacial score (nSPS) is 19.2. The summed E-state index contributed by atoms with van der Waals surface area (Å²) in [5, 5.41) is 14.2. The van der Waals surface area contributed by atoms with E-state index in [1.807, 2.05) is 30.2 Å². The predicted molar refractivity (Wildman–Crippen MR) is 152 cm³/mol. The molecule has 3 aromatic rings. The zero-order chi connectivity index (χ0) is 28.4. The summed E-state index contributed by atoms with van der Waals surface area (Å²) in [4.78, 5) is 33.8. The van der Waals surface area contributed by atoms with Gasteiger partial charge in [0, 0.05) is 41.2 Å². The third-order valence-corrected chi connectivity index (χ3v) is 9.38. The Hall–Kier alpha value is -2.97. The van der Waals surface area contributed by atoms with Crippen LogP contribution in [0.15, 0.2) is 41.8 Å². The lowest BCUT2D eigenvalue weighted by molar-refractivity contribution is 0.0456. The molecular weight excluding hydrogens is 530 g/mol. The summed E-state index contributed by atoms with van der Waals surface area (Å²) in [7, 11) is 0. The molecule has 1 aliphatic carbocycles. The molecule has 1 aromatic heterocycles. The van der Waals surface area contributed by atoms with Gasteiger partial charge < -0.3 is 10.0 Å². The number of carbonyl (C=O) groups is 2. The highest BCUT2D eigenvalue weighted by Gasteiger charge is 2.34. The van der Waals surface area contributed by atoms with Gasteiger partial charge in [-0.25, -0.2) is 13.8 Å². The Morgan fingerprint density at radius 3 is 2.38 bits per heavy atom. The van der Waals surface area contributed by atoms with E-state index in [1.54, 1.807) is 23.5 Å². The first-order chi connectivity index (χ1) is 19.2. The molecule has 2 aliphatic rings. The van der Waals surface area contributed by atoms with Gasteiger partial charge in [0.25, 0.3) is 5.91 Å². The van der Waals surface area contributed by atoms with Crippen LogP contribution >= 0.6 is 11.3 Å². The smallest absolute Gasteiger partial charge is 0.254 e. The van der Waals surface area contributed by atoms with Crippen molar-refractivity contribution in [3.05, 3.63) is 86.4 Å². The van der Waals surface area contributed by atoms with Gasteiger partial charge in [-0.3, -0.25) is 9.59 Å². The van der Waals surface area contributed by atoms with Gasteiger partial charge in [0.05, 0.1) is 12.1 Å². The van der Waals surface area contributed by atoms with Crippen LogP contribution in [0.3, 0.4) is 0 Å². The first-order valence-corrected chi connectivity index (χ1v) is 15.1. The number of rotatable bonds is 9. The molecule has 2 heterocycles. The largest absolute Gasteiger partial charge is 0.393 e. The number of ketones is 1. The van der Waals surface area contributed by atoms with E-state index < -0.39 is 23.7 Å². The van der Waals surface area contributed by atoms with Crippen molar-refractivity contribution >= 4 is 23.0 Å². The van der Waals surface area contributed by atoms with Crippen LogP contribution in [0.1, 0.15) is 93.5 Å². The number of likely N-dealkylation sites (tertiary alicyclic amines) is 1. The van der Waals surface area contributed by atoms with Gasteiger partial charge in [0.2, 0.25) is 0 Å². The number of aryl methyl sites for hydroxylation is 2. The summed E-state index contributed by atoms with van der Waals surface area (Å²) in [6.45, 7) is 4.44. The molecule has 0 radical (unpaired) electrons. The van der Waals surface area contributed by atoms with Crippen LogP contribution in [0, 0.1) is 37.3 Å². The molecule has 3 atom stereocenters. The van der Waals surface area contributed by atoms with Crippen molar-refractivity contribution in [3.8, 4) is 0 Å². The second-order valence-corrected chi connectivity index (χ2v) is 12.4. The van der Waals surface area contributed by atoms with E-state index in [9.17, 15) is 23.5 Å². The Balaban J connectivity index is 1.37. The van der Waals surface area contributed by atoms with E-state index >= 15 is 0 Å². The van der Waals surface area contributed by atoms with E-state index in [4.69, 9.17) is 0 Å². The number of thiazole rings is 1. The zero-order valence-electron chi connectivity index (χ0n) is 23.0. The Morgan fingerprint density at radius 2 is 1.70 bits per heavy atom. The van der Waals surface area contributed by atoms with Gasteiger partial charge in [0.15, 0.2) is 5.78 Å². The number of hydrogen-bond donors (Lipinski definition) is 1. The van der Waals surface area contributed by atoms with Crippen molar-refractivity contribution in [2.75, 3.05) is 6.54 Å². The molecule has 212 valence electrons. The molecule has 1 saturated heterocycles. The number of aromatic nitrogens is 1.